The second kappa shape index (κ2) is 2.95. The average molecular weight is 215 g/mol. The molecule has 1 spiro atoms. The molecule has 0 heterocycles. The molecule has 0 aromatic rings. The smallest absolute Gasteiger partial charge is 0.171 e. The van der Waals surface area contributed by atoms with Gasteiger partial charge < -0.3 is 5.11 Å². The fraction of sp³-hybridized carbons (Fsp3) is 0.429. The molecule has 1 saturated carbocycles. The molecule has 3 aliphatic rings. The van der Waals surface area contributed by atoms with Crippen molar-refractivity contribution in [2.24, 2.45) is 5.41 Å². The van der Waals surface area contributed by atoms with Gasteiger partial charge in [-0.05, 0) is 43.1 Å². The van der Waals surface area contributed by atoms with Gasteiger partial charge in [-0.25, -0.2) is 0 Å². The van der Waals surface area contributed by atoms with Crippen LogP contribution in [0.2, 0.25) is 0 Å². The quantitative estimate of drug-likeness (QED) is 0.727. The van der Waals surface area contributed by atoms with E-state index in [0.717, 1.165) is 35.5 Å². The third-order valence-corrected chi connectivity index (χ3v) is 4.31. The maximum absolute atomic E-state index is 12.2. The third kappa shape index (κ3) is 1.03. The second-order valence-corrected chi connectivity index (χ2v) is 5.01. The summed E-state index contributed by atoms with van der Waals surface area (Å²) in [5, 5.41) is 9.14. The van der Waals surface area contributed by atoms with Crippen LogP contribution < -0.4 is 0 Å². The number of hydrogen-bond donors (Lipinski definition) is 1. The van der Waals surface area contributed by atoms with E-state index in [1.54, 1.807) is 0 Å². The van der Waals surface area contributed by atoms with Crippen molar-refractivity contribution in [1.29, 1.82) is 0 Å². The van der Waals surface area contributed by atoms with Crippen LogP contribution in [0.1, 0.15) is 26.7 Å². The summed E-state index contributed by atoms with van der Waals surface area (Å²) >= 11 is 0. The minimum atomic E-state index is 0.0135. The summed E-state index contributed by atoms with van der Waals surface area (Å²) in [5.41, 5.74) is 4.10. The summed E-state index contributed by atoms with van der Waals surface area (Å²) in [6.45, 7) is 4.11. The van der Waals surface area contributed by atoms with Gasteiger partial charge in [-0.15, -0.1) is 0 Å². The molecule has 0 unspecified atom stereocenters. The normalized spacial score (nSPS) is 27.1. The molecule has 0 atom stereocenters. The summed E-state index contributed by atoms with van der Waals surface area (Å²) in [6.07, 6.45) is 6.01. The van der Waals surface area contributed by atoms with Gasteiger partial charge in [0.1, 0.15) is 0 Å². The molecule has 3 rings (SSSR count). The van der Waals surface area contributed by atoms with Crippen molar-refractivity contribution >= 4 is 5.78 Å². The number of carbonyl (C=O) groups is 1. The summed E-state index contributed by atoms with van der Waals surface area (Å²) in [7, 11) is 0. The van der Waals surface area contributed by atoms with Gasteiger partial charge in [0.2, 0.25) is 0 Å². The highest BCUT2D eigenvalue weighted by Crippen LogP contribution is 2.63. The molecular formula is C14H15O2. The number of ketones is 1. The van der Waals surface area contributed by atoms with Crippen LogP contribution in [-0.2, 0) is 4.79 Å². The van der Waals surface area contributed by atoms with E-state index >= 15 is 0 Å². The van der Waals surface area contributed by atoms with E-state index in [-0.39, 0.29) is 17.8 Å². The summed E-state index contributed by atoms with van der Waals surface area (Å²) in [5.74, 6) is 1.17. The largest absolute Gasteiger partial charge is 0.392 e. The van der Waals surface area contributed by atoms with E-state index in [1.165, 1.54) is 5.57 Å². The summed E-state index contributed by atoms with van der Waals surface area (Å²) < 4.78 is 0. The van der Waals surface area contributed by atoms with Crippen molar-refractivity contribution in [3.05, 3.63) is 40.4 Å². The topological polar surface area (TPSA) is 37.3 Å². The van der Waals surface area contributed by atoms with Crippen LogP contribution in [0, 0.1) is 11.3 Å². The maximum atomic E-state index is 12.2. The molecule has 1 radical (unpaired) electrons. The first kappa shape index (κ1) is 10.0. The van der Waals surface area contributed by atoms with E-state index in [4.69, 9.17) is 5.11 Å². The molecule has 0 aliphatic heterocycles. The van der Waals surface area contributed by atoms with Crippen LogP contribution in [-0.4, -0.2) is 17.5 Å². The fourth-order valence-corrected chi connectivity index (χ4v) is 2.99. The first-order valence-electron chi connectivity index (χ1n) is 5.74. The van der Waals surface area contributed by atoms with Gasteiger partial charge in [-0.1, -0.05) is 12.5 Å². The number of aliphatic hydroxyl groups is 1. The Balaban J connectivity index is 2.18. The van der Waals surface area contributed by atoms with Crippen molar-refractivity contribution in [2.75, 3.05) is 6.61 Å². The SMILES string of the molecule is C[C]1C(=O)C2=CC(CO)=CC2=C(C)C12CC2. The predicted molar refractivity (Wildman–Crippen MR) is 61.5 cm³/mol. The molecule has 3 aliphatic carbocycles. The molecule has 0 aromatic heterocycles. The number of rotatable bonds is 1. The highest BCUT2D eigenvalue weighted by molar-refractivity contribution is 6.13. The van der Waals surface area contributed by atoms with Gasteiger partial charge in [0.15, 0.2) is 5.78 Å². The van der Waals surface area contributed by atoms with E-state index in [2.05, 4.69) is 6.92 Å². The molecule has 2 nitrogen and oxygen atoms in total. The van der Waals surface area contributed by atoms with E-state index in [0.29, 0.717) is 0 Å². The minimum absolute atomic E-state index is 0.0135. The number of allylic oxidation sites excluding steroid dienone is 4. The lowest BCUT2D eigenvalue weighted by atomic mass is 9.71. The Labute approximate surface area is 95.4 Å². The Bertz CT molecular complexity index is 473. The van der Waals surface area contributed by atoms with Crippen molar-refractivity contribution in [3.8, 4) is 0 Å². The highest BCUT2D eigenvalue weighted by atomic mass is 16.3. The Morgan fingerprint density at radius 1 is 1.31 bits per heavy atom. The molecule has 0 amide bonds. The Morgan fingerprint density at radius 3 is 2.56 bits per heavy atom. The Kier molecular flexibility index (Phi) is 1.85. The van der Waals surface area contributed by atoms with Crippen LogP contribution in [0.4, 0.5) is 0 Å². The van der Waals surface area contributed by atoms with E-state index < -0.39 is 0 Å². The molecule has 1 fully saturated rings. The molecule has 16 heavy (non-hydrogen) atoms. The number of hydrogen-bond acceptors (Lipinski definition) is 2. The number of fused-ring (bicyclic) bond motifs is 1. The average Bonchev–Trinajstić information content (AvgIpc) is 2.97. The van der Waals surface area contributed by atoms with Crippen LogP contribution in [0.15, 0.2) is 34.4 Å². The zero-order valence-corrected chi connectivity index (χ0v) is 9.63. The molecular weight excluding hydrogens is 200 g/mol. The van der Waals surface area contributed by atoms with Gasteiger partial charge in [0.25, 0.3) is 0 Å². The van der Waals surface area contributed by atoms with Gasteiger partial charge >= 0.3 is 0 Å². The Morgan fingerprint density at radius 2 is 2.00 bits per heavy atom. The number of aliphatic hydroxyl groups excluding tert-OH is 1. The standard InChI is InChI=1S/C14H15O2/c1-8-11-5-10(7-15)6-12(11)13(16)9(2)14(8)3-4-14/h5-6,15H,3-4,7H2,1-2H3. The molecule has 83 valence electrons. The first-order valence-corrected chi connectivity index (χ1v) is 5.74. The van der Waals surface area contributed by atoms with Crippen molar-refractivity contribution in [3.63, 3.8) is 0 Å². The molecule has 2 heteroatoms. The van der Waals surface area contributed by atoms with Crippen LogP contribution >= 0.6 is 0 Å². The summed E-state index contributed by atoms with van der Waals surface area (Å²) in [4.78, 5) is 12.2. The Hall–Kier alpha value is -1.15. The molecule has 0 bridgehead atoms. The summed E-state index contributed by atoms with van der Waals surface area (Å²) in [6, 6.07) is 0. The highest BCUT2D eigenvalue weighted by Gasteiger charge is 2.56. The van der Waals surface area contributed by atoms with Crippen LogP contribution in [0.5, 0.6) is 0 Å². The minimum Gasteiger partial charge on any atom is -0.392 e. The van der Waals surface area contributed by atoms with Gasteiger partial charge in [0, 0.05) is 11.0 Å². The third-order valence-electron chi connectivity index (χ3n) is 4.31. The fourth-order valence-electron chi connectivity index (χ4n) is 2.99. The monoisotopic (exact) mass is 215 g/mol. The van der Waals surface area contributed by atoms with Gasteiger partial charge in [0.05, 0.1) is 12.5 Å². The number of Topliss-reactive ketones (excluding diaryl/α,β-unsaturated/α-hetero) is 1. The van der Waals surface area contributed by atoms with Gasteiger partial charge in [-0.3, -0.25) is 4.79 Å². The molecule has 1 N–H and O–H groups in total. The van der Waals surface area contributed by atoms with E-state index in [1.807, 2.05) is 19.1 Å². The zero-order valence-electron chi connectivity index (χ0n) is 9.63. The molecule has 0 aromatic carbocycles. The maximum Gasteiger partial charge on any atom is 0.171 e. The van der Waals surface area contributed by atoms with Gasteiger partial charge in [-0.2, -0.15) is 0 Å². The van der Waals surface area contributed by atoms with Crippen molar-refractivity contribution in [1.82, 2.24) is 0 Å². The van der Waals surface area contributed by atoms with Crippen LogP contribution in [0.3, 0.4) is 0 Å². The lowest BCUT2D eigenvalue weighted by Gasteiger charge is -2.30. The van der Waals surface area contributed by atoms with Crippen molar-refractivity contribution in [2.45, 2.75) is 26.7 Å². The zero-order chi connectivity index (χ0) is 11.5. The first-order chi connectivity index (χ1) is 7.60. The number of carbonyl (C=O) groups excluding carboxylic acids is 1. The lowest BCUT2D eigenvalue weighted by Crippen LogP contribution is -2.28. The molecule has 0 saturated heterocycles. The van der Waals surface area contributed by atoms with Crippen molar-refractivity contribution < 1.29 is 9.90 Å². The second-order valence-electron chi connectivity index (χ2n) is 5.01. The predicted octanol–water partition coefficient (Wildman–Crippen LogP) is 2.12. The van der Waals surface area contributed by atoms with E-state index in [9.17, 15) is 4.79 Å². The van der Waals surface area contributed by atoms with Crippen LogP contribution in [0.25, 0.3) is 0 Å². The lowest BCUT2D eigenvalue weighted by molar-refractivity contribution is -0.114.